The number of nitrogens with one attached hydrogen (secondary N) is 1. The summed E-state index contributed by atoms with van der Waals surface area (Å²) in [6, 6.07) is 14.8. The quantitative estimate of drug-likeness (QED) is 0.300. The lowest BCUT2D eigenvalue weighted by Gasteiger charge is -2.08. The Hall–Kier alpha value is -2.11. The van der Waals surface area contributed by atoms with Crippen molar-refractivity contribution in [3.05, 3.63) is 68.8 Å². The second-order valence-corrected chi connectivity index (χ2v) is 9.50. The third kappa shape index (κ3) is 3.74. The topological polar surface area (TPSA) is 45.8 Å². The molecule has 1 atom stereocenters. The van der Waals surface area contributed by atoms with Gasteiger partial charge in [0.25, 0.3) is 5.56 Å². The van der Waals surface area contributed by atoms with Gasteiger partial charge in [-0.25, -0.2) is 4.98 Å². The molecule has 0 aliphatic heterocycles. The number of aryl methyl sites for hydroxylation is 1. The highest BCUT2D eigenvalue weighted by molar-refractivity contribution is 7.98. The summed E-state index contributed by atoms with van der Waals surface area (Å²) < 4.78 is 0. The molecule has 0 radical (unpaired) electrons. The normalized spacial score (nSPS) is 12.7. The van der Waals surface area contributed by atoms with Crippen molar-refractivity contribution in [3.63, 3.8) is 0 Å². The molecule has 4 aromatic rings. The number of fused-ring (bicyclic) bond motifs is 2. The van der Waals surface area contributed by atoms with Gasteiger partial charge in [0.1, 0.15) is 4.83 Å². The molecule has 0 fully saturated rings. The molecule has 144 valence electrons. The van der Waals surface area contributed by atoms with Crippen LogP contribution in [0.1, 0.15) is 36.3 Å². The molecule has 28 heavy (non-hydrogen) atoms. The lowest BCUT2D eigenvalue weighted by Crippen LogP contribution is -2.11. The van der Waals surface area contributed by atoms with Crippen molar-refractivity contribution >= 4 is 44.1 Å². The maximum Gasteiger partial charge on any atom is 0.260 e. The molecule has 0 spiro atoms. The van der Waals surface area contributed by atoms with E-state index in [4.69, 9.17) is 4.98 Å². The third-order valence-electron chi connectivity index (χ3n) is 5.33. The zero-order valence-electron chi connectivity index (χ0n) is 16.4. The molecule has 0 bridgehead atoms. The molecule has 2 aromatic carbocycles. The Morgan fingerprint density at radius 1 is 1.18 bits per heavy atom. The van der Waals surface area contributed by atoms with Gasteiger partial charge in [0.2, 0.25) is 0 Å². The third-order valence-corrected chi connectivity index (χ3v) is 7.30. The summed E-state index contributed by atoms with van der Waals surface area (Å²) in [5, 5.41) is 3.98. The number of H-pyrrole nitrogens is 1. The largest absolute Gasteiger partial charge is 0.301 e. The fourth-order valence-electron chi connectivity index (χ4n) is 3.53. The zero-order chi connectivity index (χ0) is 19.7. The van der Waals surface area contributed by atoms with E-state index in [2.05, 4.69) is 68.2 Å². The molecule has 3 nitrogen and oxygen atoms in total. The Morgan fingerprint density at radius 3 is 2.79 bits per heavy atom. The summed E-state index contributed by atoms with van der Waals surface area (Å²) in [4.78, 5) is 22.7. The molecule has 0 aliphatic rings. The van der Waals surface area contributed by atoms with Gasteiger partial charge in [0.15, 0.2) is 5.16 Å². The van der Waals surface area contributed by atoms with Crippen LogP contribution in [0.5, 0.6) is 0 Å². The number of hydrogen-bond acceptors (Lipinski definition) is 4. The first-order chi connectivity index (χ1) is 13.6. The van der Waals surface area contributed by atoms with Gasteiger partial charge in [-0.15, -0.1) is 11.3 Å². The number of thiophene rings is 1. The van der Waals surface area contributed by atoms with Crippen LogP contribution in [0.25, 0.3) is 21.0 Å². The van der Waals surface area contributed by atoms with E-state index in [0.29, 0.717) is 11.1 Å². The van der Waals surface area contributed by atoms with E-state index in [9.17, 15) is 4.79 Å². The van der Waals surface area contributed by atoms with Crippen molar-refractivity contribution in [3.8, 4) is 0 Å². The Morgan fingerprint density at radius 2 is 1.96 bits per heavy atom. The molecule has 4 rings (SSSR count). The van der Waals surface area contributed by atoms with Crippen LogP contribution in [-0.4, -0.2) is 9.97 Å². The van der Waals surface area contributed by atoms with Gasteiger partial charge in [-0.05, 0) is 41.2 Å². The predicted octanol–water partition coefficient (Wildman–Crippen LogP) is 6.33. The Bertz CT molecular complexity index is 1190. The first kappa shape index (κ1) is 19.2. The summed E-state index contributed by atoms with van der Waals surface area (Å²) >= 11 is 3.23. The first-order valence-corrected chi connectivity index (χ1v) is 11.5. The fourth-order valence-corrected chi connectivity index (χ4v) is 5.50. The molecule has 0 amide bonds. The van der Waals surface area contributed by atoms with Crippen molar-refractivity contribution in [2.24, 2.45) is 5.92 Å². The molecular weight excluding hydrogens is 384 g/mol. The van der Waals surface area contributed by atoms with E-state index in [1.807, 2.05) is 0 Å². The van der Waals surface area contributed by atoms with Crippen LogP contribution < -0.4 is 5.56 Å². The van der Waals surface area contributed by atoms with Crippen molar-refractivity contribution in [2.45, 2.75) is 44.5 Å². The van der Waals surface area contributed by atoms with E-state index in [1.165, 1.54) is 26.8 Å². The maximum absolute atomic E-state index is 12.8. The average Bonchev–Trinajstić information content (AvgIpc) is 3.01. The van der Waals surface area contributed by atoms with E-state index < -0.39 is 0 Å². The summed E-state index contributed by atoms with van der Waals surface area (Å²) in [6.07, 6.45) is 2.05. The number of thioether (sulfide) groups is 1. The molecule has 2 heterocycles. The summed E-state index contributed by atoms with van der Waals surface area (Å²) in [5.41, 5.74) is 2.42. The van der Waals surface area contributed by atoms with Crippen molar-refractivity contribution in [2.75, 3.05) is 0 Å². The number of rotatable bonds is 6. The molecule has 2 aromatic heterocycles. The first-order valence-electron chi connectivity index (χ1n) is 9.68. The highest BCUT2D eigenvalue weighted by Gasteiger charge is 2.17. The Labute approximate surface area is 173 Å². The monoisotopic (exact) mass is 408 g/mol. The second-order valence-electron chi connectivity index (χ2n) is 7.33. The van der Waals surface area contributed by atoms with Crippen LogP contribution in [0.3, 0.4) is 0 Å². The van der Waals surface area contributed by atoms with Crippen LogP contribution >= 0.6 is 23.1 Å². The minimum Gasteiger partial charge on any atom is -0.301 e. The highest BCUT2D eigenvalue weighted by Crippen LogP contribution is 2.31. The number of hydrogen-bond donors (Lipinski definition) is 1. The molecular formula is C23H24N2OS2. The van der Waals surface area contributed by atoms with Gasteiger partial charge in [0, 0.05) is 10.6 Å². The van der Waals surface area contributed by atoms with Gasteiger partial charge in [-0.1, -0.05) is 74.5 Å². The van der Waals surface area contributed by atoms with Gasteiger partial charge >= 0.3 is 0 Å². The van der Waals surface area contributed by atoms with Crippen LogP contribution in [0.4, 0.5) is 0 Å². The van der Waals surface area contributed by atoms with Crippen molar-refractivity contribution < 1.29 is 0 Å². The van der Waals surface area contributed by atoms with Crippen LogP contribution in [-0.2, 0) is 12.2 Å². The van der Waals surface area contributed by atoms with E-state index in [0.717, 1.165) is 28.8 Å². The molecule has 0 aliphatic carbocycles. The zero-order valence-corrected chi connectivity index (χ0v) is 18.0. The van der Waals surface area contributed by atoms with E-state index in [1.54, 1.807) is 23.1 Å². The van der Waals surface area contributed by atoms with E-state index >= 15 is 0 Å². The van der Waals surface area contributed by atoms with Gasteiger partial charge in [0.05, 0.1) is 5.39 Å². The standard InChI is InChI=1S/C23H24N2OS2/c1-4-14(2)12-19-15(3)28-22-20(19)21(26)24-23(25-22)27-13-17-10-7-9-16-8-5-6-11-18(16)17/h5-11,14H,4,12-13H2,1-3H3,(H,24,25,26)/t14-/m1/s1. The smallest absolute Gasteiger partial charge is 0.260 e. The number of aromatic amines is 1. The Balaban J connectivity index is 1.64. The summed E-state index contributed by atoms with van der Waals surface area (Å²) in [6.45, 7) is 6.53. The van der Waals surface area contributed by atoms with Gasteiger partial charge in [-0.2, -0.15) is 0 Å². The van der Waals surface area contributed by atoms with Crippen LogP contribution in [0.2, 0.25) is 0 Å². The highest BCUT2D eigenvalue weighted by atomic mass is 32.2. The van der Waals surface area contributed by atoms with Gasteiger partial charge < -0.3 is 4.98 Å². The molecule has 0 saturated heterocycles. The summed E-state index contributed by atoms with van der Waals surface area (Å²) in [5.74, 6) is 1.34. The second kappa shape index (κ2) is 8.10. The SMILES string of the molecule is CC[C@@H](C)Cc1c(C)sc2nc(SCc3cccc4ccccc34)[nH]c(=O)c12. The lowest BCUT2D eigenvalue weighted by molar-refractivity contribution is 0.561. The minimum atomic E-state index is -0.00641. The van der Waals surface area contributed by atoms with E-state index in [-0.39, 0.29) is 5.56 Å². The van der Waals surface area contributed by atoms with Crippen LogP contribution in [0, 0.1) is 12.8 Å². The minimum absolute atomic E-state index is 0.00641. The fraction of sp³-hybridized carbons (Fsp3) is 0.304. The Kier molecular flexibility index (Phi) is 5.56. The van der Waals surface area contributed by atoms with Crippen molar-refractivity contribution in [1.29, 1.82) is 0 Å². The molecule has 0 saturated carbocycles. The van der Waals surface area contributed by atoms with Crippen molar-refractivity contribution in [1.82, 2.24) is 9.97 Å². The molecule has 0 unspecified atom stereocenters. The predicted molar refractivity (Wildman–Crippen MR) is 122 cm³/mol. The number of aromatic nitrogens is 2. The molecule has 5 heteroatoms. The van der Waals surface area contributed by atoms with Gasteiger partial charge in [-0.3, -0.25) is 4.79 Å². The average molecular weight is 409 g/mol. The van der Waals surface area contributed by atoms with Crippen LogP contribution in [0.15, 0.2) is 52.4 Å². The summed E-state index contributed by atoms with van der Waals surface area (Å²) in [7, 11) is 0. The number of benzene rings is 2. The lowest BCUT2D eigenvalue weighted by atomic mass is 9.98. The maximum atomic E-state index is 12.8. The molecule has 1 N–H and O–H groups in total. The number of nitrogens with zero attached hydrogens (tertiary/aromatic N) is 1.